The van der Waals surface area contributed by atoms with E-state index in [1.807, 2.05) is 0 Å². The van der Waals surface area contributed by atoms with E-state index in [9.17, 15) is 0 Å². The summed E-state index contributed by atoms with van der Waals surface area (Å²) in [6, 6.07) is 11.1. The summed E-state index contributed by atoms with van der Waals surface area (Å²) in [5.74, 6) is 5.54. The third-order valence-corrected chi connectivity index (χ3v) is 4.20. The third kappa shape index (κ3) is 1.71. The van der Waals surface area contributed by atoms with Gasteiger partial charge in [0.05, 0.1) is 0 Å². The number of rotatable bonds is 3. The third-order valence-electron chi connectivity index (χ3n) is 4.20. The fourth-order valence-electron chi connectivity index (χ4n) is 3.12. The highest BCUT2D eigenvalue weighted by molar-refractivity contribution is 5.28. The zero-order valence-corrected chi connectivity index (χ0v) is 9.61. The highest BCUT2D eigenvalue weighted by Gasteiger charge is 2.54. The predicted octanol–water partition coefficient (Wildman–Crippen LogP) is 4.04. The molecule has 4 atom stereocenters. The van der Waals surface area contributed by atoms with Gasteiger partial charge >= 0.3 is 0 Å². The summed E-state index contributed by atoms with van der Waals surface area (Å²) in [6.45, 7) is 4.59. The van der Waals surface area contributed by atoms with Crippen molar-refractivity contribution in [1.29, 1.82) is 0 Å². The van der Waals surface area contributed by atoms with E-state index in [0.29, 0.717) is 0 Å². The molecule has 1 radical (unpaired) electrons. The maximum atomic E-state index is 2.30. The van der Waals surface area contributed by atoms with Crippen LogP contribution < -0.4 is 0 Å². The Balaban J connectivity index is 1.62. The Morgan fingerprint density at radius 2 is 1.73 bits per heavy atom. The first-order chi connectivity index (χ1) is 7.27. The van der Waals surface area contributed by atoms with Crippen LogP contribution in [0.2, 0.25) is 0 Å². The lowest BCUT2D eigenvalue weighted by Crippen LogP contribution is -1.93. The van der Waals surface area contributed by atoms with Crippen molar-refractivity contribution < 1.29 is 0 Å². The van der Waals surface area contributed by atoms with Crippen molar-refractivity contribution >= 4 is 0 Å². The van der Waals surface area contributed by atoms with Crippen LogP contribution in [0.25, 0.3) is 0 Å². The topological polar surface area (TPSA) is 0 Å². The molecular weight excluding hydrogens is 180 g/mol. The van der Waals surface area contributed by atoms with Gasteiger partial charge in [-0.15, -0.1) is 0 Å². The first-order valence-corrected chi connectivity index (χ1v) is 6.12. The fourth-order valence-corrected chi connectivity index (χ4v) is 3.12. The molecule has 0 bridgehead atoms. The maximum Gasteiger partial charge on any atom is -0.0128 e. The minimum atomic E-state index is 0.889. The van der Waals surface area contributed by atoms with Crippen molar-refractivity contribution in [2.75, 3.05) is 0 Å². The van der Waals surface area contributed by atoms with Crippen molar-refractivity contribution in [2.45, 2.75) is 32.6 Å². The van der Waals surface area contributed by atoms with Gasteiger partial charge < -0.3 is 0 Å². The van der Waals surface area contributed by atoms with Crippen molar-refractivity contribution in [3.05, 3.63) is 41.8 Å². The van der Waals surface area contributed by atoms with E-state index >= 15 is 0 Å². The van der Waals surface area contributed by atoms with Crippen LogP contribution in [0, 0.1) is 23.7 Å². The van der Waals surface area contributed by atoms with Crippen LogP contribution in [0.15, 0.2) is 30.3 Å². The Labute approximate surface area is 92.7 Å². The van der Waals surface area contributed by atoms with E-state index < -0.39 is 0 Å². The first kappa shape index (κ1) is 9.45. The molecule has 0 aromatic heterocycles. The summed E-state index contributed by atoms with van der Waals surface area (Å²) in [7, 11) is 0. The highest BCUT2D eigenvalue weighted by atomic mass is 14.6. The van der Waals surface area contributed by atoms with E-state index in [1.54, 1.807) is 11.5 Å². The first-order valence-electron chi connectivity index (χ1n) is 6.12. The van der Waals surface area contributed by atoms with Crippen LogP contribution >= 0.6 is 0 Å². The second-order valence-electron chi connectivity index (χ2n) is 5.50. The summed E-state index contributed by atoms with van der Waals surface area (Å²) in [4.78, 5) is 0. The zero-order chi connectivity index (χ0) is 10.4. The van der Waals surface area contributed by atoms with Crippen LogP contribution in [-0.4, -0.2) is 0 Å². The molecule has 0 aliphatic heterocycles. The summed E-state index contributed by atoms with van der Waals surface area (Å²) in [5.41, 5.74) is 1.57. The largest absolute Gasteiger partial charge is 0.0622 e. The highest BCUT2D eigenvalue weighted by Crippen LogP contribution is 2.63. The molecule has 0 spiro atoms. The van der Waals surface area contributed by atoms with Gasteiger partial charge in [0.2, 0.25) is 0 Å². The molecule has 0 saturated heterocycles. The Morgan fingerprint density at radius 3 is 2.33 bits per heavy atom. The Hall–Kier alpha value is -0.780. The van der Waals surface area contributed by atoms with Crippen LogP contribution in [-0.2, 0) is 0 Å². The quantitative estimate of drug-likeness (QED) is 0.689. The van der Waals surface area contributed by atoms with E-state index in [2.05, 4.69) is 44.2 Å². The molecular formula is C15H19. The van der Waals surface area contributed by atoms with Gasteiger partial charge in [-0.3, -0.25) is 0 Å². The Bertz CT molecular complexity index is 338. The van der Waals surface area contributed by atoms with Gasteiger partial charge in [-0.25, -0.2) is 0 Å². The smallest absolute Gasteiger partial charge is 0.0128 e. The molecule has 1 aromatic rings. The summed E-state index contributed by atoms with van der Waals surface area (Å²) < 4.78 is 0. The molecule has 15 heavy (non-hydrogen) atoms. The minimum absolute atomic E-state index is 0.889. The standard InChI is InChI=1S/C15H19/c1-10(2)12-8-14(12)15-9-13(15)11-6-4-3-5-7-11/h3-7,12-15H,8-9H2,1-2H3/t12-,13+,14+,15-/m0/s1. The molecule has 0 N–H and O–H groups in total. The molecule has 2 aliphatic carbocycles. The molecule has 0 amide bonds. The lowest BCUT2D eigenvalue weighted by molar-refractivity contribution is 0.620. The second-order valence-corrected chi connectivity index (χ2v) is 5.50. The normalized spacial score (nSPS) is 38.1. The number of hydrogen-bond acceptors (Lipinski definition) is 0. The fraction of sp³-hybridized carbons (Fsp3) is 0.533. The van der Waals surface area contributed by atoms with Gasteiger partial charge in [0.15, 0.2) is 0 Å². The van der Waals surface area contributed by atoms with Gasteiger partial charge in [-0.1, -0.05) is 44.2 Å². The summed E-state index contributed by atoms with van der Waals surface area (Å²) in [5, 5.41) is 0. The van der Waals surface area contributed by atoms with Crippen molar-refractivity contribution in [2.24, 2.45) is 17.8 Å². The molecule has 0 nitrogen and oxygen atoms in total. The Kier molecular flexibility index (Phi) is 2.12. The number of hydrogen-bond donors (Lipinski definition) is 0. The van der Waals surface area contributed by atoms with Crippen LogP contribution in [0.5, 0.6) is 0 Å². The van der Waals surface area contributed by atoms with Crippen LogP contribution in [0.3, 0.4) is 0 Å². The molecule has 0 heteroatoms. The van der Waals surface area contributed by atoms with Gasteiger partial charge in [0, 0.05) is 0 Å². The number of benzene rings is 1. The SMILES string of the molecule is C[C](C)[C@@H]1C[C@H]1[C@H]1C[C@@H]1c1ccccc1. The minimum Gasteiger partial charge on any atom is -0.0622 e. The Morgan fingerprint density at radius 1 is 1.00 bits per heavy atom. The van der Waals surface area contributed by atoms with Crippen molar-refractivity contribution in [1.82, 2.24) is 0 Å². The molecule has 0 unspecified atom stereocenters. The van der Waals surface area contributed by atoms with Crippen LogP contribution in [0.1, 0.15) is 38.2 Å². The van der Waals surface area contributed by atoms with Gasteiger partial charge in [0.1, 0.15) is 0 Å². The summed E-state index contributed by atoms with van der Waals surface area (Å²) in [6.07, 6.45) is 2.91. The zero-order valence-electron chi connectivity index (χ0n) is 9.61. The monoisotopic (exact) mass is 199 g/mol. The molecule has 2 fully saturated rings. The molecule has 2 aliphatic rings. The van der Waals surface area contributed by atoms with E-state index in [1.165, 1.54) is 12.8 Å². The lowest BCUT2D eigenvalue weighted by Gasteiger charge is -2.02. The van der Waals surface area contributed by atoms with E-state index in [-0.39, 0.29) is 0 Å². The maximum absolute atomic E-state index is 2.30. The molecule has 3 rings (SSSR count). The average molecular weight is 199 g/mol. The van der Waals surface area contributed by atoms with Crippen molar-refractivity contribution in [3.63, 3.8) is 0 Å². The van der Waals surface area contributed by atoms with Crippen molar-refractivity contribution in [3.8, 4) is 0 Å². The summed E-state index contributed by atoms with van der Waals surface area (Å²) >= 11 is 0. The lowest BCUT2D eigenvalue weighted by atomic mass is 10.0. The van der Waals surface area contributed by atoms with E-state index in [0.717, 1.165) is 23.7 Å². The van der Waals surface area contributed by atoms with Gasteiger partial charge in [-0.2, -0.15) is 0 Å². The molecule has 79 valence electrons. The molecule has 0 heterocycles. The van der Waals surface area contributed by atoms with Crippen LogP contribution in [0.4, 0.5) is 0 Å². The molecule has 1 aromatic carbocycles. The second kappa shape index (κ2) is 3.37. The van der Waals surface area contributed by atoms with Gasteiger partial charge in [-0.05, 0) is 48.0 Å². The van der Waals surface area contributed by atoms with E-state index in [4.69, 9.17) is 0 Å². The molecule has 2 saturated carbocycles. The predicted molar refractivity (Wildman–Crippen MR) is 63.5 cm³/mol. The average Bonchev–Trinajstić information content (AvgIpc) is 3.11. The van der Waals surface area contributed by atoms with Gasteiger partial charge in [0.25, 0.3) is 0 Å².